The fraction of sp³-hybridized carbons (Fsp3) is 0.733. The maximum Gasteiger partial charge on any atom is 0.159 e. The van der Waals surface area contributed by atoms with E-state index in [1.165, 1.54) is 0 Å². The van der Waals surface area contributed by atoms with Crippen molar-refractivity contribution in [3.05, 3.63) is 11.6 Å². The minimum atomic E-state index is -0.926. The Kier molecular flexibility index (Phi) is 4.85. The van der Waals surface area contributed by atoms with Gasteiger partial charge in [0.15, 0.2) is 5.78 Å². The molecule has 2 atom stereocenters. The van der Waals surface area contributed by atoms with E-state index in [9.17, 15) is 14.7 Å². The predicted octanol–water partition coefficient (Wildman–Crippen LogP) is 2.67. The van der Waals surface area contributed by atoms with Crippen molar-refractivity contribution in [1.29, 1.82) is 0 Å². The van der Waals surface area contributed by atoms with E-state index in [-0.39, 0.29) is 23.4 Å². The van der Waals surface area contributed by atoms with Gasteiger partial charge in [-0.15, -0.1) is 0 Å². The van der Waals surface area contributed by atoms with Crippen molar-refractivity contribution in [2.75, 3.05) is 0 Å². The molecule has 0 fully saturated rings. The highest BCUT2D eigenvalue weighted by molar-refractivity contribution is 5.93. The van der Waals surface area contributed by atoms with Crippen LogP contribution in [0.4, 0.5) is 0 Å². The van der Waals surface area contributed by atoms with Gasteiger partial charge in [0.2, 0.25) is 0 Å². The van der Waals surface area contributed by atoms with Crippen molar-refractivity contribution in [2.24, 2.45) is 11.8 Å². The lowest BCUT2D eigenvalue weighted by atomic mass is 9.84. The number of Topliss-reactive ketones (excluding diaryl/α,β-unsaturated/α-hetero) is 1. The van der Waals surface area contributed by atoms with Gasteiger partial charge in [-0.05, 0) is 57.6 Å². The number of carbonyl (C=O) groups is 2. The first-order valence-electron chi connectivity index (χ1n) is 6.68. The average molecular weight is 252 g/mol. The molecule has 0 saturated heterocycles. The Labute approximate surface area is 109 Å². The first-order chi connectivity index (χ1) is 8.21. The van der Waals surface area contributed by atoms with E-state index in [1.807, 2.05) is 0 Å². The monoisotopic (exact) mass is 252 g/mol. The lowest BCUT2D eigenvalue weighted by Crippen LogP contribution is -2.22. The molecule has 0 spiro atoms. The fourth-order valence-corrected chi connectivity index (χ4v) is 2.48. The van der Waals surface area contributed by atoms with Crippen molar-refractivity contribution < 1.29 is 14.7 Å². The van der Waals surface area contributed by atoms with Crippen LogP contribution in [0, 0.1) is 11.8 Å². The Morgan fingerprint density at radius 2 is 2.11 bits per heavy atom. The molecule has 1 aliphatic rings. The Balaban J connectivity index is 2.84. The SMILES string of the molecule is CC(=O)CC[C@@H]1C(=O)C=C(C(C)(C)O)CC[C@@H]1C. The average Bonchev–Trinajstić information content (AvgIpc) is 2.35. The second-order valence-electron chi connectivity index (χ2n) is 5.99. The van der Waals surface area contributed by atoms with Crippen LogP contribution in [0.1, 0.15) is 53.4 Å². The summed E-state index contributed by atoms with van der Waals surface area (Å²) in [5, 5.41) is 10.0. The maximum absolute atomic E-state index is 12.2. The molecule has 0 amide bonds. The van der Waals surface area contributed by atoms with Crippen molar-refractivity contribution in [2.45, 2.75) is 59.0 Å². The minimum Gasteiger partial charge on any atom is -0.386 e. The topological polar surface area (TPSA) is 54.4 Å². The summed E-state index contributed by atoms with van der Waals surface area (Å²) in [5.74, 6) is 0.394. The summed E-state index contributed by atoms with van der Waals surface area (Å²) < 4.78 is 0. The zero-order valence-corrected chi connectivity index (χ0v) is 11.8. The van der Waals surface area contributed by atoms with Crippen molar-refractivity contribution in [1.82, 2.24) is 0 Å². The number of ketones is 2. The van der Waals surface area contributed by atoms with E-state index in [0.29, 0.717) is 12.8 Å². The summed E-state index contributed by atoms with van der Waals surface area (Å²) in [7, 11) is 0. The number of aliphatic hydroxyl groups is 1. The molecule has 1 aliphatic carbocycles. The molecule has 1 rings (SSSR count). The van der Waals surface area contributed by atoms with Gasteiger partial charge in [0, 0.05) is 12.3 Å². The van der Waals surface area contributed by atoms with Gasteiger partial charge in [-0.25, -0.2) is 0 Å². The summed E-state index contributed by atoms with van der Waals surface area (Å²) in [6.07, 6.45) is 4.35. The van der Waals surface area contributed by atoms with Crippen LogP contribution < -0.4 is 0 Å². The number of allylic oxidation sites excluding steroid dienone is 1. The molecule has 0 aromatic rings. The van der Waals surface area contributed by atoms with Crippen LogP contribution in [-0.4, -0.2) is 22.3 Å². The molecule has 0 radical (unpaired) electrons. The number of rotatable bonds is 4. The zero-order valence-electron chi connectivity index (χ0n) is 11.8. The third-order valence-electron chi connectivity index (χ3n) is 3.83. The number of hydrogen-bond acceptors (Lipinski definition) is 3. The third kappa shape index (κ3) is 4.05. The van der Waals surface area contributed by atoms with E-state index in [2.05, 4.69) is 6.92 Å². The first kappa shape index (κ1) is 15.1. The second kappa shape index (κ2) is 5.79. The standard InChI is InChI=1S/C15H24O3/c1-10-5-7-12(15(3,4)18)9-14(17)13(10)8-6-11(2)16/h9-10,13,18H,5-8H2,1-4H3/t10-,13-/m0/s1. The molecule has 18 heavy (non-hydrogen) atoms. The second-order valence-corrected chi connectivity index (χ2v) is 5.99. The van der Waals surface area contributed by atoms with E-state index in [1.54, 1.807) is 26.8 Å². The summed E-state index contributed by atoms with van der Waals surface area (Å²) in [5.41, 5.74) is -0.116. The molecule has 1 N–H and O–H groups in total. The van der Waals surface area contributed by atoms with E-state index < -0.39 is 5.60 Å². The van der Waals surface area contributed by atoms with Gasteiger partial charge in [-0.2, -0.15) is 0 Å². The molecular formula is C15H24O3. The van der Waals surface area contributed by atoms with Gasteiger partial charge in [0.1, 0.15) is 5.78 Å². The Morgan fingerprint density at radius 1 is 1.50 bits per heavy atom. The minimum absolute atomic E-state index is 0.0679. The van der Waals surface area contributed by atoms with Gasteiger partial charge in [-0.1, -0.05) is 6.92 Å². The molecule has 102 valence electrons. The highest BCUT2D eigenvalue weighted by Gasteiger charge is 2.30. The molecule has 0 aromatic carbocycles. The molecule has 0 aliphatic heterocycles. The summed E-state index contributed by atoms with van der Waals surface area (Å²) in [4.78, 5) is 23.2. The Hall–Kier alpha value is -0.960. The van der Waals surface area contributed by atoms with E-state index in [0.717, 1.165) is 18.4 Å². The van der Waals surface area contributed by atoms with Crippen LogP contribution >= 0.6 is 0 Å². The number of carbonyl (C=O) groups excluding carboxylic acids is 2. The third-order valence-corrected chi connectivity index (χ3v) is 3.83. The highest BCUT2D eigenvalue weighted by atomic mass is 16.3. The lowest BCUT2D eigenvalue weighted by molar-refractivity contribution is -0.120. The Morgan fingerprint density at radius 3 is 2.61 bits per heavy atom. The largest absolute Gasteiger partial charge is 0.386 e. The van der Waals surface area contributed by atoms with Crippen LogP contribution in [-0.2, 0) is 9.59 Å². The van der Waals surface area contributed by atoms with Crippen LogP contribution in [0.5, 0.6) is 0 Å². The molecule has 3 heteroatoms. The van der Waals surface area contributed by atoms with Gasteiger partial charge in [0.25, 0.3) is 0 Å². The molecule has 0 unspecified atom stereocenters. The van der Waals surface area contributed by atoms with Crippen LogP contribution in [0.2, 0.25) is 0 Å². The zero-order chi connectivity index (χ0) is 13.9. The summed E-state index contributed by atoms with van der Waals surface area (Å²) in [6.45, 7) is 7.05. The molecule has 0 saturated carbocycles. The summed E-state index contributed by atoms with van der Waals surface area (Å²) >= 11 is 0. The lowest BCUT2D eigenvalue weighted by Gasteiger charge is -2.21. The van der Waals surface area contributed by atoms with Crippen molar-refractivity contribution >= 4 is 11.6 Å². The molecule has 0 heterocycles. The van der Waals surface area contributed by atoms with Gasteiger partial charge >= 0.3 is 0 Å². The summed E-state index contributed by atoms with van der Waals surface area (Å²) in [6, 6.07) is 0. The van der Waals surface area contributed by atoms with Gasteiger partial charge in [0.05, 0.1) is 5.60 Å². The van der Waals surface area contributed by atoms with Crippen molar-refractivity contribution in [3.8, 4) is 0 Å². The first-order valence-corrected chi connectivity index (χ1v) is 6.68. The van der Waals surface area contributed by atoms with E-state index >= 15 is 0 Å². The van der Waals surface area contributed by atoms with Crippen LogP contribution in [0.15, 0.2) is 11.6 Å². The van der Waals surface area contributed by atoms with Crippen molar-refractivity contribution in [3.63, 3.8) is 0 Å². The number of hydrogen-bond donors (Lipinski definition) is 1. The molecule has 0 aromatic heterocycles. The predicted molar refractivity (Wildman–Crippen MR) is 71.2 cm³/mol. The smallest absolute Gasteiger partial charge is 0.159 e. The molecular weight excluding hydrogens is 228 g/mol. The molecule has 0 bridgehead atoms. The van der Waals surface area contributed by atoms with Gasteiger partial charge < -0.3 is 9.90 Å². The molecule has 3 nitrogen and oxygen atoms in total. The quantitative estimate of drug-likeness (QED) is 0.837. The fourth-order valence-electron chi connectivity index (χ4n) is 2.48. The Bertz CT molecular complexity index is 360. The van der Waals surface area contributed by atoms with Crippen LogP contribution in [0.25, 0.3) is 0 Å². The van der Waals surface area contributed by atoms with Crippen LogP contribution in [0.3, 0.4) is 0 Å². The maximum atomic E-state index is 12.2. The van der Waals surface area contributed by atoms with Gasteiger partial charge in [-0.3, -0.25) is 4.79 Å². The highest BCUT2D eigenvalue weighted by Crippen LogP contribution is 2.32. The normalized spacial score (nSPS) is 25.6. The van der Waals surface area contributed by atoms with E-state index in [4.69, 9.17) is 0 Å².